The van der Waals surface area contributed by atoms with Crippen LogP contribution >= 0.6 is 0 Å². The first-order valence-electron chi connectivity index (χ1n) is 11.0. The second kappa shape index (κ2) is 9.63. The number of hydrogen-bond acceptors (Lipinski definition) is 4. The highest BCUT2D eigenvalue weighted by Crippen LogP contribution is 2.49. The molecule has 2 aliphatic rings. The lowest BCUT2D eigenvalue weighted by Crippen LogP contribution is -2.24. The number of hydrogen-bond donors (Lipinski definition) is 2. The third-order valence-corrected chi connectivity index (χ3v) is 8.42. The van der Waals surface area contributed by atoms with Crippen molar-refractivity contribution in [2.45, 2.75) is 62.0 Å². The highest BCUT2D eigenvalue weighted by atomic mass is 32.2. The first kappa shape index (κ1) is 23.0. The van der Waals surface area contributed by atoms with E-state index in [4.69, 9.17) is 0 Å². The molecular formula is C25H34O4S. The quantitative estimate of drug-likeness (QED) is 0.538. The molecule has 1 unspecified atom stereocenters. The van der Waals surface area contributed by atoms with Gasteiger partial charge < -0.3 is 10.2 Å². The molecular weight excluding hydrogens is 396 g/mol. The Morgan fingerprint density at radius 2 is 2.00 bits per heavy atom. The van der Waals surface area contributed by atoms with Gasteiger partial charge in [-0.1, -0.05) is 67.8 Å². The van der Waals surface area contributed by atoms with Crippen molar-refractivity contribution in [3.05, 3.63) is 66.8 Å². The molecule has 0 spiro atoms. The molecule has 1 aromatic rings. The molecule has 0 amide bonds. The van der Waals surface area contributed by atoms with Gasteiger partial charge in [-0.3, -0.25) is 0 Å². The van der Waals surface area contributed by atoms with Gasteiger partial charge in [0.25, 0.3) is 0 Å². The second-order valence-electron chi connectivity index (χ2n) is 8.78. The molecule has 4 nitrogen and oxygen atoms in total. The van der Waals surface area contributed by atoms with E-state index in [1.165, 1.54) is 0 Å². The van der Waals surface area contributed by atoms with E-state index in [2.05, 4.69) is 19.6 Å². The topological polar surface area (TPSA) is 74.6 Å². The summed E-state index contributed by atoms with van der Waals surface area (Å²) in [6, 6.07) is 8.56. The normalized spacial score (nSPS) is 28.3. The Labute approximate surface area is 180 Å². The summed E-state index contributed by atoms with van der Waals surface area (Å²) in [6.45, 7) is 5.87. The van der Waals surface area contributed by atoms with Gasteiger partial charge in [-0.15, -0.1) is 6.58 Å². The molecule has 0 aromatic heterocycles. The van der Waals surface area contributed by atoms with Gasteiger partial charge in [0, 0.05) is 5.92 Å². The number of rotatable bonds is 10. The molecule has 2 N–H and O–H groups in total. The Hall–Kier alpha value is -1.69. The molecule has 1 saturated carbocycles. The van der Waals surface area contributed by atoms with Gasteiger partial charge in [0.1, 0.15) is 0 Å². The maximum atomic E-state index is 12.8. The van der Waals surface area contributed by atoms with Crippen LogP contribution in [0, 0.1) is 17.8 Å². The zero-order chi connectivity index (χ0) is 21.8. The lowest BCUT2D eigenvalue weighted by molar-refractivity contribution is 0.0819. The van der Waals surface area contributed by atoms with Crippen molar-refractivity contribution >= 4 is 9.84 Å². The van der Waals surface area contributed by atoms with Gasteiger partial charge >= 0.3 is 0 Å². The summed E-state index contributed by atoms with van der Waals surface area (Å²) in [5.41, 5.74) is 0.0301. The van der Waals surface area contributed by atoms with Crippen molar-refractivity contribution in [3.8, 4) is 0 Å². The van der Waals surface area contributed by atoms with E-state index in [0.29, 0.717) is 24.2 Å². The Morgan fingerprint density at radius 3 is 2.67 bits per heavy atom. The van der Waals surface area contributed by atoms with Crippen molar-refractivity contribution in [2.24, 2.45) is 17.8 Å². The number of aliphatic hydroxyl groups is 2. The Kier molecular flexibility index (Phi) is 7.38. The van der Waals surface area contributed by atoms with Gasteiger partial charge in [0.2, 0.25) is 0 Å². The molecule has 0 saturated heterocycles. The first-order valence-corrected chi connectivity index (χ1v) is 12.6. The highest BCUT2D eigenvalue weighted by molar-refractivity contribution is 7.91. The maximum Gasteiger partial charge on any atom is 0.182 e. The first-order chi connectivity index (χ1) is 14.3. The van der Waals surface area contributed by atoms with Crippen LogP contribution in [-0.2, 0) is 9.84 Å². The van der Waals surface area contributed by atoms with Crippen LogP contribution in [0.3, 0.4) is 0 Å². The van der Waals surface area contributed by atoms with Gasteiger partial charge in [0.15, 0.2) is 9.84 Å². The minimum atomic E-state index is -3.38. The van der Waals surface area contributed by atoms with E-state index in [0.717, 1.165) is 24.8 Å². The second-order valence-corrected chi connectivity index (χ2v) is 10.8. The lowest BCUT2D eigenvalue weighted by Gasteiger charge is -2.23. The molecule has 1 fully saturated rings. The fourth-order valence-corrected chi connectivity index (χ4v) is 6.41. The van der Waals surface area contributed by atoms with E-state index in [9.17, 15) is 18.6 Å². The summed E-state index contributed by atoms with van der Waals surface area (Å²) in [6.07, 6.45) is 11.7. The summed E-state index contributed by atoms with van der Waals surface area (Å²) in [5, 5.41) is 21.3. The van der Waals surface area contributed by atoms with Crippen LogP contribution < -0.4 is 0 Å². The fourth-order valence-electron chi connectivity index (χ4n) is 4.90. The molecule has 0 bridgehead atoms. The standard InChI is InChI=1S/C25H34O4S/c1-3-5-15-25(27,4-2)16-9-12-22-21-14-13-19(23(21)17-24(22)26)18-30(28,29)20-10-7-6-8-11-20/h4,6-13,21-24,26-27H,2-3,5,14-18H2,1H3/b12-9+/t21-,22+,23-,24-,25?/m1/s1. The number of aliphatic hydroxyl groups excluding tert-OH is 1. The van der Waals surface area contributed by atoms with Gasteiger partial charge in [-0.2, -0.15) is 0 Å². The SMILES string of the molecule is C=CC(O)(C/C=C/[C@H]1[C@H]2CC=C(CS(=O)(=O)c3ccccc3)[C@H]2C[C@H]1O)CCCC. The molecule has 1 aromatic carbocycles. The maximum absolute atomic E-state index is 12.8. The van der Waals surface area contributed by atoms with Crippen LogP contribution in [0.2, 0.25) is 0 Å². The monoisotopic (exact) mass is 430 g/mol. The van der Waals surface area contributed by atoms with Gasteiger partial charge in [0.05, 0.1) is 22.4 Å². The van der Waals surface area contributed by atoms with Crippen molar-refractivity contribution < 1.29 is 18.6 Å². The zero-order valence-electron chi connectivity index (χ0n) is 17.8. The number of allylic oxidation sites excluding steroid dienone is 1. The summed E-state index contributed by atoms with van der Waals surface area (Å²) < 4.78 is 25.6. The number of benzene rings is 1. The van der Waals surface area contributed by atoms with Gasteiger partial charge in [-0.05, 0) is 49.7 Å². The van der Waals surface area contributed by atoms with Crippen LogP contribution in [0.15, 0.2) is 71.7 Å². The van der Waals surface area contributed by atoms with Crippen LogP contribution in [0.5, 0.6) is 0 Å². The molecule has 0 aliphatic heterocycles. The van der Waals surface area contributed by atoms with E-state index in [1.54, 1.807) is 30.3 Å². The Morgan fingerprint density at radius 1 is 1.27 bits per heavy atom. The molecule has 2 aliphatic carbocycles. The van der Waals surface area contributed by atoms with Crippen LogP contribution in [0.1, 0.15) is 45.4 Å². The third-order valence-electron chi connectivity index (χ3n) is 6.71. The van der Waals surface area contributed by atoms with Crippen molar-refractivity contribution in [3.63, 3.8) is 0 Å². The molecule has 30 heavy (non-hydrogen) atoms. The van der Waals surface area contributed by atoms with Crippen LogP contribution in [0.4, 0.5) is 0 Å². The van der Waals surface area contributed by atoms with Crippen LogP contribution in [-0.4, -0.2) is 36.1 Å². The Balaban J connectivity index is 1.64. The summed E-state index contributed by atoms with van der Waals surface area (Å²) in [7, 11) is -3.38. The van der Waals surface area contributed by atoms with E-state index < -0.39 is 21.5 Å². The van der Waals surface area contributed by atoms with E-state index in [1.807, 2.05) is 18.2 Å². The predicted molar refractivity (Wildman–Crippen MR) is 121 cm³/mol. The number of fused-ring (bicyclic) bond motifs is 1. The lowest BCUT2D eigenvalue weighted by atomic mass is 9.87. The van der Waals surface area contributed by atoms with Crippen molar-refractivity contribution in [2.75, 3.05) is 5.75 Å². The molecule has 0 radical (unpaired) electrons. The Bertz CT molecular complexity index is 887. The number of sulfone groups is 1. The fraction of sp³-hybridized carbons (Fsp3) is 0.520. The summed E-state index contributed by atoms with van der Waals surface area (Å²) in [5.74, 6) is 0.341. The third kappa shape index (κ3) is 5.13. The molecule has 0 heterocycles. The molecule has 5 atom stereocenters. The number of unbranched alkanes of at least 4 members (excludes halogenated alkanes) is 1. The van der Waals surface area contributed by atoms with Crippen molar-refractivity contribution in [1.82, 2.24) is 0 Å². The predicted octanol–water partition coefficient (Wildman–Crippen LogP) is 4.46. The van der Waals surface area contributed by atoms with Crippen molar-refractivity contribution in [1.29, 1.82) is 0 Å². The summed E-state index contributed by atoms with van der Waals surface area (Å²) >= 11 is 0. The molecule has 164 valence electrons. The minimum Gasteiger partial charge on any atom is -0.392 e. The van der Waals surface area contributed by atoms with Crippen LogP contribution in [0.25, 0.3) is 0 Å². The molecule has 3 rings (SSSR count). The van der Waals surface area contributed by atoms with E-state index in [-0.39, 0.29) is 23.5 Å². The minimum absolute atomic E-state index is 0.0107. The highest BCUT2D eigenvalue weighted by Gasteiger charge is 2.45. The largest absolute Gasteiger partial charge is 0.392 e. The molecule has 5 heteroatoms. The smallest absolute Gasteiger partial charge is 0.182 e. The average Bonchev–Trinajstić information content (AvgIpc) is 3.26. The van der Waals surface area contributed by atoms with E-state index >= 15 is 0 Å². The van der Waals surface area contributed by atoms with Gasteiger partial charge in [-0.25, -0.2) is 8.42 Å². The zero-order valence-corrected chi connectivity index (χ0v) is 18.6. The summed E-state index contributed by atoms with van der Waals surface area (Å²) in [4.78, 5) is 0.347. The average molecular weight is 431 g/mol.